The Balaban J connectivity index is 1.91. The van der Waals surface area contributed by atoms with Crippen LogP contribution in [0.5, 0.6) is 0 Å². The lowest BCUT2D eigenvalue weighted by Crippen LogP contribution is -2.23. The largest absolute Gasteiger partial charge is 0.381 e. The van der Waals surface area contributed by atoms with Crippen LogP contribution in [0.4, 0.5) is 0 Å². The molecule has 2 aromatic rings. The molecule has 0 saturated carbocycles. The lowest BCUT2D eigenvalue weighted by molar-refractivity contribution is -0.124. The predicted molar refractivity (Wildman–Crippen MR) is 98.0 cm³/mol. The van der Waals surface area contributed by atoms with Crippen LogP contribution in [0.1, 0.15) is 38.2 Å². The first-order chi connectivity index (χ1) is 11.6. The van der Waals surface area contributed by atoms with Crippen molar-refractivity contribution in [2.75, 3.05) is 13.2 Å². The van der Waals surface area contributed by atoms with Gasteiger partial charge in [-0.1, -0.05) is 68.4 Å². The first-order valence-electron chi connectivity index (χ1n) is 8.92. The first-order valence-corrected chi connectivity index (χ1v) is 8.92. The highest BCUT2D eigenvalue weighted by atomic mass is 16.5. The summed E-state index contributed by atoms with van der Waals surface area (Å²) in [6.07, 6.45) is 1.76. The normalized spacial score (nSPS) is 18.7. The second-order valence-corrected chi connectivity index (χ2v) is 7.14. The van der Waals surface area contributed by atoms with Gasteiger partial charge in [0.15, 0.2) is 0 Å². The number of hydrogen-bond acceptors (Lipinski definition) is 2. The number of carbonyl (C=O) groups is 1. The minimum Gasteiger partial charge on any atom is -0.381 e. The maximum absolute atomic E-state index is 13.0. The fraction of sp³-hybridized carbons (Fsp3) is 0.409. The monoisotopic (exact) mass is 322 g/mol. The van der Waals surface area contributed by atoms with Crippen molar-refractivity contribution in [1.82, 2.24) is 0 Å². The molecule has 1 heterocycles. The van der Waals surface area contributed by atoms with E-state index in [0.717, 1.165) is 25.0 Å². The molecule has 24 heavy (non-hydrogen) atoms. The van der Waals surface area contributed by atoms with Crippen LogP contribution in [-0.4, -0.2) is 19.0 Å². The summed E-state index contributed by atoms with van der Waals surface area (Å²) in [5, 5.41) is 0. The van der Waals surface area contributed by atoms with Crippen molar-refractivity contribution in [3.8, 4) is 11.1 Å². The first kappa shape index (κ1) is 16.9. The Morgan fingerprint density at radius 2 is 1.83 bits per heavy atom. The van der Waals surface area contributed by atoms with Crippen molar-refractivity contribution in [1.29, 1.82) is 0 Å². The maximum Gasteiger partial charge on any atom is 0.145 e. The number of rotatable bonds is 6. The summed E-state index contributed by atoms with van der Waals surface area (Å²) in [4.78, 5) is 13.0. The van der Waals surface area contributed by atoms with Crippen LogP contribution < -0.4 is 0 Å². The van der Waals surface area contributed by atoms with E-state index in [1.165, 1.54) is 11.1 Å². The lowest BCUT2D eigenvalue weighted by atomic mass is 9.81. The van der Waals surface area contributed by atoms with E-state index in [4.69, 9.17) is 4.74 Å². The van der Waals surface area contributed by atoms with E-state index in [2.05, 4.69) is 62.4 Å². The van der Waals surface area contributed by atoms with E-state index in [1.807, 2.05) is 6.07 Å². The van der Waals surface area contributed by atoms with Crippen LogP contribution in [0, 0.1) is 11.8 Å². The molecule has 0 aromatic heterocycles. The standard InChI is InChI=1S/C22H26O2/c1-16(2)13-21(22(23)20-11-12-24-15-20)19-10-6-9-18(14-19)17-7-4-3-5-8-17/h3-10,14,16,20-21H,11-13,15H2,1-2H3. The zero-order valence-corrected chi connectivity index (χ0v) is 14.6. The number of hydrogen-bond donors (Lipinski definition) is 0. The summed E-state index contributed by atoms with van der Waals surface area (Å²) in [6.45, 7) is 5.68. The number of benzene rings is 2. The number of ether oxygens (including phenoxy) is 1. The molecule has 126 valence electrons. The molecule has 0 radical (unpaired) electrons. The summed E-state index contributed by atoms with van der Waals surface area (Å²) in [5.74, 6) is 0.877. The molecule has 3 rings (SSSR count). The minimum absolute atomic E-state index is 0.0274. The molecule has 0 spiro atoms. The smallest absolute Gasteiger partial charge is 0.145 e. The van der Waals surface area contributed by atoms with Crippen LogP contribution in [0.3, 0.4) is 0 Å². The third-order valence-electron chi connectivity index (χ3n) is 4.78. The molecule has 0 amide bonds. The maximum atomic E-state index is 13.0. The molecule has 1 saturated heterocycles. The molecule has 2 atom stereocenters. The van der Waals surface area contributed by atoms with Crippen molar-refractivity contribution in [2.45, 2.75) is 32.6 Å². The predicted octanol–water partition coefficient (Wildman–Crippen LogP) is 5.09. The molecule has 1 aliphatic heterocycles. The Bertz CT molecular complexity index is 669. The van der Waals surface area contributed by atoms with Crippen molar-refractivity contribution >= 4 is 5.78 Å². The number of ketones is 1. The van der Waals surface area contributed by atoms with Gasteiger partial charge in [0.1, 0.15) is 5.78 Å². The van der Waals surface area contributed by atoms with Crippen LogP contribution in [0.15, 0.2) is 54.6 Å². The fourth-order valence-corrected chi connectivity index (χ4v) is 3.50. The van der Waals surface area contributed by atoms with Gasteiger partial charge in [-0.3, -0.25) is 4.79 Å². The van der Waals surface area contributed by atoms with Gasteiger partial charge in [-0.05, 0) is 35.4 Å². The summed E-state index contributed by atoms with van der Waals surface area (Å²) in [7, 11) is 0. The highest BCUT2D eigenvalue weighted by Crippen LogP contribution is 2.32. The Labute approximate surface area is 144 Å². The Morgan fingerprint density at radius 1 is 1.08 bits per heavy atom. The number of carbonyl (C=O) groups excluding carboxylic acids is 1. The summed E-state index contributed by atoms with van der Waals surface area (Å²) >= 11 is 0. The minimum atomic E-state index is -0.0274. The van der Waals surface area contributed by atoms with Crippen LogP contribution >= 0.6 is 0 Å². The van der Waals surface area contributed by atoms with Gasteiger partial charge in [-0.25, -0.2) is 0 Å². The van der Waals surface area contributed by atoms with Crippen LogP contribution in [0.25, 0.3) is 11.1 Å². The molecule has 0 bridgehead atoms. The fourth-order valence-electron chi connectivity index (χ4n) is 3.50. The topological polar surface area (TPSA) is 26.3 Å². The lowest BCUT2D eigenvalue weighted by Gasteiger charge is -2.22. The molecule has 0 N–H and O–H groups in total. The SMILES string of the molecule is CC(C)CC(C(=O)C1CCOC1)c1cccc(-c2ccccc2)c1. The van der Waals surface area contributed by atoms with Gasteiger partial charge in [0.25, 0.3) is 0 Å². The van der Waals surface area contributed by atoms with E-state index in [1.54, 1.807) is 0 Å². The van der Waals surface area contributed by atoms with Crippen LogP contribution in [0.2, 0.25) is 0 Å². The summed E-state index contributed by atoms with van der Waals surface area (Å²) in [5.41, 5.74) is 3.51. The third-order valence-corrected chi connectivity index (χ3v) is 4.78. The quantitative estimate of drug-likeness (QED) is 0.740. The van der Waals surface area contributed by atoms with Gasteiger partial charge >= 0.3 is 0 Å². The molecule has 2 heteroatoms. The second kappa shape index (κ2) is 7.76. The van der Waals surface area contributed by atoms with E-state index in [0.29, 0.717) is 18.3 Å². The molecule has 1 fully saturated rings. The van der Waals surface area contributed by atoms with Crippen molar-refractivity contribution in [2.24, 2.45) is 11.8 Å². The van der Waals surface area contributed by atoms with Gasteiger partial charge in [-0.2, -0.15) is 0 Å². The molecule has 2 unspecified atom stereocenters. The van der Waals surface area contributed by atoms with Crippen molar-refractivity contribution in [3.05, 3.63) is 60.2 Å². The zero-order valence-electron chi connectivity index (χ0n) is 14.6. The van der Waals surface area contributed by atoms with E-state index in [-0.39, 0.29) is 11.8 Å². The van der Waals surface area contributed by atoms with Crippen molar-refractivity contribution < 1.29 is 9.53 Å². The molecule has 2 nitrogen and oxygen atoms in total. The van der Waals surface area contributed by atoms with Gasteiger partial charge in [0, 0.05) is 18.4 Å². The van der Waals surface area contributed by atoms with E-state index >= 15 is 0 Å². The Hall–Kier alpha value is -1.93. The van der Waals surface area contributed by atoms with Gasteiger partial charge in [-0.15, -0.1) is 0 Å². The van der Waals surface area contributed by atoms with Gasteiger partial charge in [0.2, 0.25) is 0 Å². The van der Waals surface area contributed by atoms with Crippen LogP contribution in [-0.2, 0) is 9.53 Å². The molecule has 0 aliphatic carbocycles. The highest BCUT2D eigenvalue weighted by Gasteiger charge is 2.31. The van der Waals surface area contributed by atoms with Gasteiger partial charge < -0.3 is 4.74 Å². The van der Waals surface area contributed by atoms with Crippen molar-refractivity contribution in [3.63, 3.8) is 0 Å². The second-order valence-electron chi connectivity index (χ2n) is 7.14. The molecule has 1 aliphatic rings. The van der Waals surface area contributed by atoms with Gasteiger partial charge in [0.05, 0.1) is 6.61 Å². The molecule has 2 aromatic carbocycles. The summed E-state index contributed by atoms with van der Waals surface area (Å²) in [6, 6.07) is 18.8. The molecular weight excluding hydrogens is 296 g/mol. The Morgan fingerprint density at radius 3 is 2.50 bits per heavy atom. The third kappa shape index (κ3) is 3.93. The average molecular weight is 322 g/mol. The van der Waals surface area contributed by atoms with E-state index in [9.17, 15) is 4.79 Å². The summed E-state index contributed by atoms with van der Waals surface area (Å²) < 4.78 is 5.44. The Kier molecular flexibility index (Phi) is 5.47. The highest BCUT2D eigenvalue weighted by molar-refractivity contribution is 5.88. The number of Topliss-reactive ketones (excluding diaryl/α,β-unsaturated/α-hetero) is 1. The molecular formula is C22H26O2. The average Bonchev–Trinajstić information content (AvgIpc) is 3.14. The zero-order chi connectivity index (χ0) is 16.9. The van der Waals surface area contributed by atoms with E-state index < -0.39 is 0 Å².